The molecule has 1 aliphatic carbocycles. The van der Waals surface area contributed by atoms with Crippen LogP contribution in [0.2, 0.25) is 0 Å². The van der Waals surface area contributed by atoms with Crippen LogP contribution in [0.25, 0.3) is 0 Å². The van der Waals surface area contributed by atoms with E-state index in [2.05, 4.69) is 5.32 Å². The molecule has 0 aliphatic heterocycles. The average Bonchev–Trinajstić information content (AvgIpc) is 3.19. The van der Waals surface area contributed by atoms with Gasteiger partial charge in [-0.05, 0) is 24.8 Å². The number of halogens is 2. The van der Waals surface area contributed by atoms with E-state index in [4.69, 9.17) is 5.73 Å². The van der Waals surface area contributed by atoms with Gasteiger partial charge in [0.2, 0.25) is 5.82 Å². The molecule has 0 bridgehead atoms. The minimum Gasteiger partial charge on any atom is -0.348 e. The zero-order chi connectivity index (χ0) is 14.9. The van der Waals surface area contributed by atoms with Crippen molar-refractivity contribution in [3.8, 4) is 0 Å². The number of nitrogens with two attached hydrogens (primary N) is 1. The van der Waals surface area contributed by atoms with Crippen molar-refractivity contribution < 1.29 is 18.5 Å². The molecule has 3 N–H and O–H groups in total. The summed E-state index contributed by atoms with van der Waals surface area (Å²) in [4.78, 5) is 21.5. The summed E-state index contributed by atoms with van der Waals surface area (Å²) in [7, 11) is 0. The molecule has 1 aliphatic rings. The fraction of sp³-hybridized carbons (Fsp3) is 0.417. The van der Waals surface area contributed by atoms with Crippen molar-refractivity contribution in [3.05, 3.63) is 39.4 Å². The first-order valence-corrected chi connectivity index (χ1v) is 6.09. The molecule has 0 aromatic heterocycles. The summed E-state index contributed by atoms with van der Waals surface area (Å²) in [5, 5.41) is 13.0. The van der Waals surface area contributed by atoms with E-state index in [-0.39, 0.29) is 18.5 Å². The van der Waals surface area contributed by atoms with Crippen LogP contribution in [-0.4, -0.2) is 23.4 Å². The van der Waals surface area contributed by atoms with Crippen molar-refractivity contribution in [2.24, 2.45) is 11.7 Å². The van der Waals surface area contributed by atoms with Crippen LogP contribution in [0.4, 0.5) is 14.5 Å². The second kappa shape index (κ2) is 5.49. The maximum absolute atomic E-state index is 13.8. The van der Waals surface area contributed by atoms with E-state index in [0.29, 0.717) is 12.1 Å². The molecule has 8 heteroatoms. The molecule has 1 atom stereocenters. The van der Waals surface area contributed by atoms with E-state index in [1.165, 1.54) is 0 Å². The number of hydrogen-bond donors (Lipinski definition) is 2. The minimum absolute atomic E-state index is 0.147. The molecule has 1 saturated carbocycles. The van der Waals surface area contributed by atoms with E-state index in [1.807, 2.05) is 0 Å². The summed E-state index contributed by atoms with van der Waals surface area (Å²) >= 11 is 0. The van der Waals surface area contributed by atoms with Gasteiger partial charge in [-0.2, -0.15) is 4.39 Å². The number of hydrogen-bond acceptors (Lipinski definition) is 4. The van der Waals surface area contributed by atoms with Crippen molar-refractivity contribution in [2.45, 2.75) is 18.9 Å². The van der Waals surface area contributed by atoms with Crippen LogP contribution in [0.3, 0.4) is 0 Å². The lowest BCUT2D eigenvalue weighted by Crippen LogP contribution is -2.42. The van der Waals surface area contributed by atoms with E-state index >= 15 is 0 Å². The fourth-order valence-electron chi connectivity index (χ4n) is 2.00. The molecule has 0 spiro atoms. The van der Waals surface area contributed by atoms with Crippen molar-refractivity contribution >= 4 is 11.6 Å². The van der Waals surface area contributed by atoms with Gasteiger partial charge in [-0.3, -0.25) is 14.9 Å². The van der Waals surface area contributed by atoms with Gasteiger partial charge in [0.05, 0.1) is 4.92 Å². The van der Waals surface area contributed by atoms with Crippen LogP contribution in [-0.2, 0) is 0 Å². The highest BCUT2D eigenvalue weighted by molar-refractivity contribution is 5.95. The SMILES string of the molecule is NCC(NC(=O)c1c(F)ccc([N+](=O)[O-])c1F)C1CC1. The molecule has 0 saturated heterocycles. The lowest BCUT2D eigenvalue weighted by atomic mass is 10.1. The number of carbonyl (C=O) groups excluding carboxylic acids is 1. The predicted octanol–water partition coefficient (Wildman–Crippen LogP) is 1.34. The number of carbonyl (C=O) groups is 1. The molecule has 108 valence electrons. The van der Waals surface area contributed by atoms with Gasteiger partial charge in [-0.1, -0.05) is 0 Å². The maximum atomic E-state index is 13.8. The van der Waals surface area contributed by atoms with E-state index in [1.54, 1.807) is 0 Å². The van der Waals surface area contributed by atoms with Gasteiger partial charge in [0.1, 0.15) is 11.4 Å². The molecule has 1 amide bonds. The summed E-state index contributed by atoms with van der Waals surface area (Å²) in [6.07, 6.45) is 1.78. The van der Waals surface area contributed by atoms with Crippen LogP contribution in [0, 0.1) is 27.7 Å². The van der Waals surface area contributed by atoms with Gasteiger partial charge in [0.25, 0.3) is 5.91 Å². The van der Waals surface area contributed by atoms with Crippen LogP contribution in [0.5, 0.6) is 0 Å². The highest BCUT2D eigenvalue weighted by atomic mass is 19.1. The number of nitrogens with one attached hydrogen (secondary N) is 1. The molecule has 1 aromatic carbocycles. The number of nitrogens with zero attached hydrogens (tertiary/aromatic N) is 1. The fourth-order valence-corrected chi connectivity index (χ4v) is 2.00. The predicted molar refractivity (Wildman–Crippen MR) is 66.0 cm³/mol. The van der Waals surface area contributed by atoms with E-state index < -0.39 is 33.7 Å². The smallest absolute Gasteiger partial charge is 0.305 e. The Labute approximate surface area is 113 Å². The molecule has 6 nitrogen and oxygen atoms in total. The minimum atomic E-state index is -1.47. The Morgan fingerprint density at radius 2 is 2.15 bits per heavy atom. The van der Waals surface area contributed by atoms with Gasteiger partial charge >= 0.3 is 5.69 Å². The number of amides is 1. The third-order valence-corrected chi connectivity index (χ3v) is 3.26. The second-order valence-corrected chi connectivity index (χ2v) is 4.67. The quantitative estimate of drug-likeness (QED) is 0.630. The first-order valence-electron chi connectivity index (χ1n) is 6.09. The summed E-state index contributed by atoms with van der Waals surface area (Å²) in [5.74, 6) is -3.43. The zero-order valence-corrected chi connectivity index (χ0v) is 10.4. The molecule has 0 heterocycles. The Bertz CT molecular complexity index is 561. The molecule has 1 aromatic rings. The number of rotatable bonds is 5. The third-order valence-electron chi connectivity index (χ3n) is 3.26. The Morgan fingerprint density at radius 1 is 1.50 bits per heavy atom. The largest absolute Gasteiger partial charge is 0.348 e. The number of nitro groups is 1. The highest BCUT2D eigenvalue weighted by Gasteiger charge is 2.33. The lowest BCUT2D eigenvalue weighted by Gasteiger charge is -2.16. The second-order valence-electron chi connectivity index (χ2n) is 4.67. The summed E-state index contributed by atoms with van der Waals surface area (Å²) in [6.45, 7) is 0.147. The van der Waals surface area contributed by atoms with E-state index in [0.717, 1.165) is 12.8 Å². The van der Waals surface area contributed by atoms with Gasteiger partial charge < -0.3 is 11.1 Å². The van der Waals surface area contributed by atoms with Gasteiger partial charge in [-0.15, -0.1) is 0 Å². The number of nitro benzene ring substituents is 1. The molecule has 0 radical (unpaired) electrons. The first kappa shape index (κ1) is 14.3. The standard InChI is InChI=1S/C12H13F2N3O3/c13-7-3-4-9(17(19)20)11(14)10(7)12(18)16-8(5-15)6-1-2-6/h3-4,6,8H,1-2,5,15H2,(H,16,18). The Hall–Kier alpha value is -2.09. The topological polar surface area (TPSA) is 98.3 Å². The van der Waals surface area contributed by atoms with Crippen LogP contribution < -0.4 is 11.1 Å². The van der Waals surface area contributed by atoms with Gasteiger partial charge in [0.15, 0.2) is 0 Å². The maximum Gasteiger partial charge on any atom is 0.305 e. The monoisotopic (exact) mass is 285 g/mol. The summed E-state index contributed by atoms with van der Waals surface area (Å²) < 4.78 is 27.4. The highest BCUT2D eigenvalue weighted by Crippen LogP contribution is 2.32. The molecule has 1 fully saturated rings. The van der Waals surface area contributed by atoms with Crippen molar-refractivity contribution in [3.63, 3.8) is 0 Å². The Balaban J connectivity index is 2.28. The Kier molecular flexibility index (Phi) is 3.93. The third kappa shape index (κ3) is 2.74. The van der Waals surface area contributed by atoms with Crippen LogP contribution in [0.1, 0.15) is 23.2 Å². The zero-order valence-electron chi connectivity index (χ0n) is 10.4. The van der Waals surface area contributed by atoms with Crippen molar-refractivity contribution in [1.82, 2.24) is 5.32 Å². The van der Waals surface area contributed by atoms with E-state index in [9.17, 15) is 23.7 Å². The molecular weight excluding hydrogens is 272 g/mol. The van der Waals surface area contributed by atoms with Gasteiger partial charge in [0, 0.05) is 18.7 Å². The normalized spacial score (nSPS) is 15.8. The van der Waals surface area contributed by atoms with Crippen molar-refractivity contribution in [1.29, 1.82) is 0 Å². The first-order chi connectivity index (χ1) is 9.45. The molecule has 2 rings (SSSR count). The average molecular weight is 285 g/mol. The summed E-state index contributed by atoms with van der Waals surface area (Å²) in [5.41, 5.74) is 3.60. The van der Waals surface area contributed by atoms with Crippen LogP contribution in [0.15, 0.2) is 12.1 Å². The molecule has 20 heavy (non-hydrogen) atoms. The summed E-state index contributed by atoms with van der Waals surface area (Å²) in [6, 6.07) is 1.01. The number of benzene rings is 1. The molecule has 1 unspecified atom stereocenters. The Morgan fingerprint density at radius 3 is 2.65 bits per heavy atom. The lowest BCUT2D eigenvalue weighted by molar-refractivity contribution is -0.387. The molecular formula is C12H13F2N3O3. The van der Waals surface area contributed by atoms with Crippen molar-refractivity contribution in [2.75, 3.05) is 6.54 Å². The van der Waals surface area contributed by atoms with Crippen LogP contribution >= 0.6 is 0 Å². The van der Waals surface area contributed by atoms with Gasteiger partial charge in [-0.25, -0.2) is 4.39 Å².